The van der Waals surface area contributed by atoms with Crippen LogP contribution in [0.2, 0.25) is 0 Å². The second kappa shape index (κ2) is 6.61. The zero-order valence-electron chi connectivity index (χ0n) is 13.9. The SMILES string of the molecule is CC(C)=CCCC(C)C1CCC(C)c2ccc(C)cc21. The third-order valence-electron chi connectivity index (χ3n) is 4.94. The summed E-state index contributed by atoms with van der Waals surface area (Å²) in [5.74, 6) is 2.30. The summed E-state index contributed by atoms with van der Waals surface area (Å²) in [6, 6.07) is 7.11. The van der Waals surface area contributed by atoms with Crippen molar-refractivity contribution in [2.45, 2.75) is 72.1 Å². The van der Waals surface area contributed by atoms with E-state index in [0.29, 0.717) is 0 Å². The molecule has 1 aliphatic rings. The Labute approximate surface area is 125 Å². The lowest BCUT2D eigenvalue weighted by Crippen LogP contribution is -2.18. The molecule has 0 aliphatic heterocycles. The van der Waals surface area contributed by atoms with E-state index in [-0.39, 0.29) is 0 Å². The van der Waals surface area contributed by atoms with Crippen LogP contribution >= 0.6 is 0 Å². The third kappa shape index (κ3) is 3.53. The highest BCUT2D eigenvalue weighted by Gasteiger charge is 2.28. The van der Waals surface area contributed by atoms with Gasteiger partial charge in [0, 0.05) is 0 Å². The van der Waals surface area contributed by atoms with Crippen molar-refractivity contribution in [3.05, 3.63) is 46.5 Å². The van der Waals surface area contributed by atoms with Crippen molar-refractivity contribution in [1.29, 1.82) is 0 Å². The topological polar surface area (TPSA) is 0 Å². The molecule has 110 valence electrons. The van der Waals surface area contributed by atoms with Gasteiger partial charge in [-0.05, 0) is 75.3 Å². The number of rotatable bonds is 4. The first-order chi connectivity index (χ1) is 9.49. The van der Waals surface area contributed by atoms with Gasteiger partial charge in [-0.25, -0.2) is 0 Å². The molecule has 0 radical (unpaired) electrons. The van der Waals surface area contributed by atoms with Gasteiger partial charge in [0.1, 0.15) is 0 Å². The van der Waals surface area contributed by atoms with Crippen LogP contribution < -0.4 is 0 Å². The van der Waals surface area contributed by atoms with Gasteiger partial charge in [0.2, 0.25) is 0 Å². The lowest BCUT2D eigenvalue weighted by Gasteiger charge is -2.34. The number of aryl methyl sites for hydroxylation is 1. The molecule has 0 fully saturated rings. The van der Waals surface area contributed by atoms with E-state index >= 15 is 0 Å². The highest BCUT2D eigenvalue weighted by Crippen LogP contribution is 2.43. The van der Waals surface area contributed by atoms with E-state index in [0.717, 1.165) is 17.8 Å². The molecule has 0 spiro atoms. The van der Waals surface area contributed by atoms with E-state index < -0.39 is 0 Å². The van der Waals surface area contributed by atoms with Crippen molar-refractivity contribution in [2.75, 3.05) is 0 Å². The Bertz CT molecular complexity index is 477. The van der Waals surface area contributed by atoms with Crippen LogP contribution in [-0.2, 0) is 0 Å². The van der Waals surface area contributed by atoms with Crippen LogP contribution in [0.5, 0.6) is 0 Å². The van der Waals surface area contributed by atoms with Crippen molar-refractivity contribution < 1.29 is 0 Å². The van der Waals surface area contributed by atoms with Gasteiger partial charge in [-0.15, -0.1) is 0 Å². The fourth-order valence-electron chi connectivity index (χ4n) is 3.63. The van der Waals surface area contributed by atoms with Crippen LogP contribution in [-0.4, -0.2) is 0 Å². The van der Waals surface area contributed by atoms with E-state index in [1.165, 1.54) is 36.8 Å². The molecule has 1 aliphatic carbocycles. The lowest BCUT2D eigenvalue weighted by molar-refractivity contribution is 0.370. The first-order valence-electron chi connectivity index (χ1n) is 8.23. The minimum absolute atomic E-state index is 0.742. The summed E-state index contributed by atoms with van der Waals surface area (Å²) in [5, 5.41) is 0. The van der Waals surface area contributed by atoms with Gasteiger partial charge in [0.05, 0.1) is 0 Å². The van der Waals surface area contributed by atoms with E-state index in [1.54, 1.807) is 11.1 Å². The largest absolute Gasteiger partial charge is 0.0859 e. The van der Waals surface area contributed by atoms with Crippen LogP contribution in [0.15, 0.2) is 29.8 Å². The standard InChI is InChI=1S/C20H30/c1-14(2)7-6-8-16(4)19-12-10-17(5)18-11-9-15(3)13-20(18)19/h7,9,11,13,16-17,19H,6,8,10,12H2,1-5H3. The summed E-state index contributed by atoms with van der Waals surface area (Å²) >= 11 is 0. The molecule has 0 nitrogen and oxygen atoms in total. The Morgan fingerprint density at radius 2 is 2.00 bits per heavy atom. The third-order valence-corrected chi connectivity index (χ3v) is 4.94. The number of fused-ring (bicyclic) bond motifs is 1. The Kier molecular flexibility index (Phi) is 5.07. The zero-order valence-corrected chi connectivity index (χ0v) is 13.9. The van der Waals surface area contributed by atoms with Crippen LogP contribution in [0.25, 0.3) is 0 Å². The Morgan fingerprint density at radius 3 is 2.70 bits per heavy atom. The van der Waals surface area contributed by atoms with Gasteiger partial charge >= 0.3 is 0 Å². The number of allylic oxidation sites excluding steroid dienone is 2. The minimum Gasteiger partial charge on any atom is -0.0859 e. The maximum atomic E-state index is 2.45. The molecule has 3 atom stereocenters. The van der Waals surface area contributed by atoms with Gasteiger partial charge in [-0.3, -0.25) is 0 Å². The van der Waals surface area contributed by atoms with Crippen molar-refractivity contribution >= 4 is 0 Å². The molecule has 3 unspecified atom stereocenters. The monoisotopic (exact) mass is 270 g/mol. The normalized spacial score (nSPS) is 23.1. The molecule has 0 aromatic heterocycles. The molecule has 2 rings (SSSR count). The maximum absolute atomic E-state index is 2.45. The van der Waals surface area contributed by atoms with Crippen molar-refractivity contribution in [1.82, 2.24) is 0 Å². The second-order valence-electron chi connectivity index (χ2n) is 7.05. The van der Waals surface area contributed by atoms with Crippen LogP contribution in [0.1, 0.15) is 81.9 Å². The van der Waals surface area contributed by atoms with E-state index in [9.17, 15) is 0 Å². The molecular weight excluding hydrogens is 240 g/mol. The fraction of sp³-hybridized carbons (Fsp3) is 0.600. The van der Waals surface area contributed by atoms with Crippen LogP contribution in [0, 0.1) is 12.8 Å². The van der Waals surface area contributed by atoms with Crippen LogP contribution in [0.3, 0.4) is 0 Å². The fourth-order valence-corrected chi connectivity index (χ4v) is 3.63. The lowest BCUT2D eigenvalue weighted by atomic mass is 9.71. The molecule has 0 heterocycles. The van der Waals surface area contributed by atoms with E-state index in [1.807, 2.05) is 0 Å². The molecule has 0 saturated heterocycles. The summed E-state index contributed by atoms with van der Waals surface area (Å²) in [6.07, 6.45) is 7.66. The smallest absolute Gasteiger partial charge is 0.0133 e. The molecule has 1 aromatic rings. The van der Waals surface area contributed by atoms with Gasteiger partial charge in [-0.1, -0.05) is 49.3 Å². The van der Waals surface area contributed by atoms with Gasteiger partial charge in [0.15, 0.2) is 0 Å². The summed E-state index contributed by atoms with van der Waals surface area (Å²) in [6.45, 7) is 11.5. The van der Waals surface area contributed by atoms with Crippen molar-refractivity contribution in [3.63, 3.8) is 0 Å². The summed E-state index contributed by atoms with van der Waals surface area (Å²) in [7, 11) is 0. The summed E-state index contributed by atoms with van der Waals surface area (Å²) in [4.78, 5) is 0. The molecular formula is C20H30. The molecule has 0 saturated carbocycles. The van der Waals surface area contributed by atoms with E-state index in [4.69, 9.17) is 0 Å². The number of hydrogen-bond donors (Lipinski definition) is 0. The quantitative estimate of drug-likeness (QED) is 0.558. The minimum atomic E-state index is 0.742. The summed E-state index contributed by atoms with van der Waals surface area (Å²) in [5.41, 5.74) is 6.12. The average molecular weight is 270 g/mol. The molecule has 0 N–H and O–H groups in total. The Balaban J connectivity index is 2.15. The highest BCUT2D eigenvalue weighted by molar-refractivity contribution is 5.38. The second-order valence-corrected chi connectivity index (χ2v) is 7.05. The molecule has 1 aromatic carbocycles. The first-order valence-corrected chi connectivity index (χ1v) is 8.23. The van der Waals surface area contributed by atoms with Crippen LogP contribution in [0.4, 0.5) is 0 Å². The van der Waals surface area contributed by atoms with E-state index in [2.05, 4.69) is 58.9 Å². The molecule has 20 heavy (non-hydrogen) atoms. The first kappa shape index (κ1) is 15.4. The summed E-state index contributed by atoms with van der Waals surface area (Å²) < 4.78 is 0. The average Bonchev–Trinajstić information content (AvgIpc) is 2.38. The van der Waals surface area contributed by atoms with Gasteiger partial charge in [-0.2, -0.15) is 0 Å². The van der Waals surface area contributed by atoms with Gasteiger partial charge in [0.25, 0.3) is 0 Å². The zero-order chi connectivity index (χ0) is 14.7. The van der Waals surface area contributed by atoms with Crippen molar-refractivity contribution in [3.8, 4) is 0 Å². The maximum Gasteiger partial charge on any atom is -0.0133 e. The molecule has 0 bridgehead atoms. The van der Waals surface area contributed by atoms with Crippen molar-refractivity contribution in [2.24, 2.45) is 5.92 Å². The highest BCUT2D eigenvalue weighted by atomic mass is 14.3. The predicted octanol–water partition coefficient (Wildman–Crippen LogP) is 6.36. The Hall–Kier alpha value is -1.04. The molecule has 0 heteroatoms. The van der Waals surface area contributed by atoms with Gasteiger partial charge < -0.3 is 0 Å². The predicted molar refractivity (Wildman–Crippen MR) is 89.4 cm³/mol. The number of hydrogen-bond acceptors (Lipinski definition) is 0. The Morgan fingerprint density at radius 1 is 1.25 bits per heavy atom. The number of benzene rings is 1. The molecule has 0 amide bonds.